The highest BCUT2D eigenvalue weighted by molar-refractivity contribution is 6.08. The molecule has 6 nitrogen and oxygen atoms in total. The molecule has 1 aromatic heterocycles. The quantitative estimate of drug-likeness (QED) is 0.172. The van der Waals surface area contributed by atoms with Gasteiger partial charge in [-0.15, -0.1) is 0 Å². The third-order valence-corrected chi connectivity index (χ3v) is 10.6. The van der Waals surface area contributed by atoms with Crippen LogP contribution in [0.5, 0.6) is 5.75 Å². The van der Waals surface area contributed by atoms with Crippen LogP contribution in [0, 0.1) is 0 Å². The van der Waals surface area contributed by atoms with Gasteiger partial charge in [-0.05, 0) is 59.5 Å². The Kier molecular flexibility index (Phi) is 8.11. The fourth-order valence-corrected chi connectivity index (χ4v) is 8.14. The van der Waals surface area contributed by atoms with Gasteiger partial charge in [0.05, 0.1) is 18.8 Å². The number of rotatable bonds is 8. The lowest BCUT2D eigenvalue weighted by molar-refractivity contribution is 0.0579. The number of fused-ring (bicyclic) bond motifs is 4. The number of hydrogen-bond acceptors (Lipinski definition) is 4. The summed E-state index contributed by atoms with van der Waals surface area (Å²) in [7, 11) is 3.89. The number of anilines is 1. The van der Waals surface area contributed by atoms with Gasteiger partial charge in [0.2, 0.25) is 0 Å². The average molecular weight is 635 g/mol. The molecule has 0 radical (unpaired) electrons. The van der Waals surface area contributed by atoms with Crippen molar-refractivity contribution >= 4 is 33.4 Å². The summed E-state index contributed by atoms with van der Waals surface area (Å²) in [5.41, 5.74) is 8.03. The largest absolute Gasteiger partial charge is 0.495 e. The Balaban J connectivity index is 1.18. The van der Waals surface area contributed by atoms with Gasteiger partial charge in [-0.1, -0.05) is 84.9 Å². The van der Waals surface area contributed by atoms with E-state index in [1.54, 1.807) is 7.11 Å². The van der Waals surface area contributed by atoms with E-state index < -0.39 is 0 Å². The molecule has 1 saturated heterocycles. The number of benzene rings is 5. The molecule has 6 aromatic rings. The van der Waals surface area contributed by atoms with Gasteiger partial charge in [0.15, 0.2) is 0 Å². The second-order valence-electron chi connectivity index (χ2n) is 13.2. The van der Waals surface area contributed by atoms with Crippen molar-refractivity contribution in [2.75, 3.05) is 51.3 Å². The number of aromatic nitrogens is 1. The Labute approximate surface area is 282 Å². The van der Waals surface area contributed by atoms with Gasteiger partial charge in [-0.25, -0.2) is 0 Å². The van der Waals surface area contributed by atoms with Crippen molar-refractivity contribution in [1.82, 2.24) is 14.4 Å². The van der Waals surface area contributed by atoms with Crippen molar-refractivity contribution < 1.29 is 9.53 Å². The van der Waals surface area contributed by atoms with Crippen LogP contribution in [-0.4, -0.2) is 66.7 Å². The van der Waals surface area contributed by atoms with Crippen LogP contribution in [0.4, 0.5) is 5.69 Å². The van der Waals surface area contributed by atoms with Crippen LogP contribution in [0.25, 0.3) is 21.8 Å². The summed E-state index contributed by atoms with van der Waals surface area (Å²) in [5.74, 6) is 1.17. The molecule has 2 aliphatic rings. The number of methoxy groups -OCH3 is 1. The molecule has 0 N–H and O–H groups in total. The molecule has 242 valence electrons. The molecular weight excluding hydrogens is 592 g/mol. The fraction of sp³-hybridized carbons (Fsp3) is 0.262. The van der Waals surface area contributed by atoms with Gasteiger partial charge in [-0.3, -0.25) is 9.69 Å². The average Bonchev–Trinajstić information content (AvgIpc) is 3.43. The fourth-order valence-electron chi connectivity index (χ4n) is 8.14. The molecule has 0 spiro atoms. The number of carbonyl (C=O) groups excluding carboxylic acids is 1. The standard InChI is InChI=1S/C42H42N4O2/c1-43-37-17-9-8-15-33(37)35-28-31(20-21-38(35)43)41-36(29-44-24-26-45(27-25-44)39-18-10-11-19-40(39)48-2)32-14-6-7-16-34(32)42(47)46(41)23-22-30-12-4-3-5-13-30/h3-21,28,36,41H,22-27,29H2,1-2H3/t36-,41+/m1/s1. The molecule has 8 rings (SSSR count). The molecule has 1 fully saturated rings. The van der Waals surface area contributed by atoms with E-state index in [0.29, 0.717) is 6.54 Å². The Hall–Kier alpha value is -5.07. The summed E-state index contributed by atoms with van der Waals surface area (Å²) >= 11 is 0. The monoisotopic (exact) mass is 634 g/mol. The molecule has 5 aromatic carbocycles. The van der Waals surface area contributed by atoms with Gasteiger partial charge in [0.1, 0.15) is 5.75 Å². The molecule has 0 aliphatic carbocycles. The lowest BCUT2D eigenvalue weighted by Crippen LogP contribution is -2.51. The number of nitrogens with zero attached hydrogens (tertiary/aromatic N) is 4. The van der Waals surface area contributed by atoms with E-state index in [2.05, 4.69) is 123 Å². The molecule has 3 heterocycles. The topological polar surface area (TPSA) is 41.0 Å². The van der Waals surface area contributed by atoms with Crippen molar-refractivity contribution in [3.8, 4) is 5.75 Å². The zero-order valence-electron chi connectivity index (χ0n) is 27.8. The van der Waals surface area contributed by atoms with E-state index in [-0.39, 0.29) is 17.9 Å². The van der Waals surface area contributed by atoms with E-state index in [1.807, 2.05) is 24.3 Å². The Morgan fingerprint density at radius 2 is 1.44 bits per heavy atom. The Morgan fingerprint density at radius 1 is 0.729 bits per heavy atom. The summed E-state index contributed by atoms with van der Waals surface area (Å²) in [4.78, 5) is 21.7. The summed E-state index contributed by atoms with van der Waals surface area (Å²) in [6, 6.07) is 42.6. The first-order valence-electron chi connectivity index (χ1n) is 17.1. The van der Waals surface area contributed by atoms with E-state index in [9.17, 15) is 4.79 Å². The summed E-state index contributed by atoms with van der Waals surface area (Å²) < 4.78 is 7.97. The number of carbonyl (C=O) groups is 1. The lowest BCUT2D eigenvalue weighted by atomic mass is 9.79. The van der Waals surface area contributed by atoms with Crippen molar-refractivity contribution in [3.63, 3.8) is 0 Å². The first-order valence-corrected chi connectivity index (χ1v) is 17.1. The highest BCUT2D eigenvalue weighted by Crippen LogP contribution is 2.45. The minimum atomic E-state index is -0.0910. The minimum Gasteiger partial charge on any atom is -0.495 e. The predicted octanol–water partition coefficient (Wildman–Crippen LogP) is 7.69. The van der Waals surface area contributed by atoms with Crippen molar-refractivity contribution in [1.29, 1.82) is 0 Å². The molecular formula is C42H42N4O2. The van der Waals surface area contributed by atoms with E-state index in [4.69, 9.17) is 4.74 Å². The molecule has 2 aliphatic heterocycles. The zero-order chi connectivity index (χ0) is 32.6. The molecule has 1 amide bonds. The van der Waals surface area contributed by atoms with Crippen LogP contribution in [0.3, 0.4) is 0 Å². The van der Waals surface area contributed by atoms with Crippen LogP contribution >= 0.6 is 0 Å². The summed E-state index contributed by atoms with van der Waals surface area (Å²) in [5, 5.41) is 2.49. The zero-order valence-corrected chi connectivity index (χ0v) is 27.8. The lowest BCUT2D eigenvalue weighted by Gasteiger charge is -2.45. The van der Waals surface area contributed by atoms with Crippen LogP contribution in [0.2, 0.25) is 0 Å². The number of hydrogen-bond donors (Lipinski definition) is 0. The van der Waals surface area contributed by atoms with Gasteiger partial charge >= 0.3 is 0 Å². The molecule has 0 bridgehead atoms. The Bertz CT molecular complexity index is 2080. The number of aryl methyl sites for hydroxylation is 1. The van der Waals surface area contributed by atoms with Crippen molar-refractivity contribution in [3.05, 3.63) is 144 Å². The predicted molar refractivity (Wildman–Crippen MR) is 195 cm³/mol. The first kappa shape index (κ1) is 30.3. The normalized spacial score (nSPS) is 18.4. The highest BCUT2D eigenvalue weighted by atomic mass is 16.5. The maximum Gasteiger partial charge on any atom is 0.254 e. The maximum atomic E-state index is 14.5. The summed E-state index contributed by atoms with van der Waals surface area (Å²) in [6.45, 7) is 5.29. The van der Waals surface area contributed by atoms with Gasteiger partial charge in [0, 0.05) is 79.6 Å². The van der Waals surface area contributed by atoms with E-state index in [0.717, 1.165) is 61.7 Å². The smallest absolute Gasteiger partial charge is 0.254 e. The van der Waals surface area contributed by atoms with E-state index >= 15 is 0 Å². The molecule has 2 atom stereocenters. The highest BCUT2D eigenvalue weighted by Gasteiger charge is 2.41. The SMILES string of the molecule is COc1ccccc1N1CCN(C[C@@H]2c3ccccc3C(=O)N(CCc3ccccc3)[C@H]2c2ccc3c(c2)c2ccccc2n3C)CC1. The number of amides is 1. The molecule has 48 heavy (non-hydrogen) atoms. The molecule has 0 saturated carbocycles. The second-order valence-corrected chi connectivity index (χ2v) is 13.2. The molecule has 0 unspecified atom stereocenters. The Morgan fingerprint density at radius 3 is 2.27 bits per heavy atom. The van der Waals surface area contributed by atoms with Crippen molar-refractivity contribution in [2.45, 2.75) is 18.4 Å². The summed E-state index contributed by atoms with van der Waals surface area (Å²) in [6.07, 6.45) is 0.812. The third kappa shape index (κ3) is 5.40. The second kappa shape index (κ2) is 12.9. The van der Waals surface area contributed by atoms with Crippen LogP contribution in [-0.2, 0) is 13.5 Å². The first-order chi connectivity index (χ1) is 23.6. The van der Waals surface area contributed by atoms with Gasteiger partial charge in [-0.2, -0.15) is 0 Å². The van der Waals surface area contributed by atoms with Crippen LogP contribution in [0.15, 0.2) is 121 Å². The number of piperazine rings is 1. The van der Waals surface area contributed by atoms with Gasteiger partial charge < -0.3 is 19.1 Å². The van der Waals surface area contributed by atoms with Crippen LogP contribution < -0.4 is 9.64 Å². The number of ether oxygens (including phenoxy) is 1. The number of para-hydroxylation sites is 3. The molecule has 6 heteroatoms. The van der Waals surface area contributed by atoms with Crippen LogP contribution in [0.1, 0.15) is 39.0 Å². The maximum absolute atomic E-state index is 14.5. The van der Waals surface area contributed by atoms with Gasteiger partial charge in [0.25, 0.3) is 5.91 Å². The minimum absolute atomic E-state index is 0.0910. The third-order valence-electron chi connectivity index (χ3n) is 10.6. The van der Waals surface area contributed by atoms with Crippen molar-refractivity contribution in [2.24, 2.45) is 7.05 Å². The van der Waals surface area contributed by atoms with E-state index in [1.165, 1.54) is 32.9 Å².